The Morgan fingerprint density at radius 3 is 2.55 bits per heavy atom. The molecule has 156 valence electrons. The van der Waals surface area contributed by atoms with Crippen molar-refractivity contribution >= 4 is 17.6 Å². The molecule has 29 heavy (non-hydrogen) atoms. The predicted octanol–water partition coefficient (Wildman–Crippen LogP) is 2.13. The van der Waals surface area contributed by atoms with Crippen molar-refractivity contribution in [2.24, 2.45) is 11.8 Å². The van der Waals surface area contributed by atoms with Gasteiger partial charge in [0, 0.05) is 5.56 Å². The molecule has 1 N–H and O–H groups in total. The van der Waals surface area contributed by atoms with E-state index in [9.17, 15) is 18.8 Å². The van der Waals surface area contributed by atoms with Crippen LogP contribution in [-0.2, 0) is 14.3 Å². The van der Waals surface area contributed by atoms with Crippen LogP contribution in [0.4, 0.5) is 4.39 Å². The van der Waals surface area contributed by atoms with Crippen LogP contribution in [0.3, 0.4) is 0 Å². The Morgan fingerprint density at radius 1 is 1.17 bits per heavy atom. The molecule has 2 amide bonds. The van der Waals surface area contributed by atoms with Crippen LogP contribution in [0.5, 0.6) is 0 Å². The third-order valence-electron chi connectivity index (χ3n) is 6.53. The number of ether oxygens (including phenoxy) is 1. The summed E-state index contributed by atoms with van der Waals surface area (Å²) in [6.07, 6.45) is 1.33. The van der Waals surface area contributed by atoms with Gasteiger partial charge in [0.25, 0.3) is 5.91 Å². The standard InChI is InChI=1S/C22H27FN2O4/c1-13-7-9-14(10-8-13)18(24-21(27)15-5-3-2-4-6-15)22(28)25-11-16(23)20-19(25)17(26)12-29-20/h2-6,13-14,16,18-20H,7-12H2,1H3,(H,24,27)/t13?,14?,16-,18-,19+,20+/m0/s1. The number of halogens is 1. The number of benzene rings is 1. The maximum atomic E-state index is 14.4. The van der Waals surface area contributed by atoms with Crippen molar-refractivity contribution in [2.75, 3.05) is 13.2 Å². The zero-order valence-corrected chi connectivity index (χ0v) is 16.6. The summed E-state index contributed by atoms with van der Waals surface area (Å²) in [4.78, 5) is 39.8. The Hall–Kier alpha value is -2.28. The van der Waals surface area contributed by atoms with Crippen molar-refractivity contribution in [3.63, 3.8) is 0 Å². The minimum atomic E-state index is -1.38. The van der Waals surface area contributed by atoms with Gasteiger partial charge in [-0.15, -0.1) is 0 Å². The van der Waals surface area contributed by atoms with Crippen LogP contribution in [0.1, 0.15) is 43.0 Å². The van der Waals surface area contributed by atoms with Crippen LogP contribution in [0.25, 0.3) is 0 Å². The fraction of sp³-hybridized carbons (Fsp3) is 0.591. The lowest BCUT2D eigenvalue weighted by Crippen LogP contribution is -2.55. The normalized spacial score (nSPS) is 32.7. The van der Waals surface area contributed by atoms with E-state index in [1.165, 1.54) is 4.90 Å². The number of Topliss-reactive ketones (excluding diaryl/α,β-unsaturated/α-hetero) is 1. The first kappa shape index (κ1) is 20.0. The highest BCUT2D eigenvalue weighted by molar-refractivity contribution is 5.99. The van der Waals surface area contributed by atoms with Crippen LogP contribution >= 0.6 is 0 Å². The summed E-state index contributed by atoms with van der Waals surface area (Å²) in [5.74, 6) is -0.412. The molecular weight excluding hydrogens is 375 g/mol. The molecule has 4 atom stereocenters. The van der Waals surface area contributed by atoms with Crippen molar-refractivity contribution in [3.8, 4) is 0 Å². The molecule has 1 aromatic carbocycles. The molecule has 0 bridgehead atoms. The summed E-state index contributed by atoms with van der Waals surface area (Å²) >= 11 is 0. The number of amides is 2. The number of rotatable bonds is 4. The minimum Gasteiger partial charge on any atom is -0.365 e. The molecular formula is C22H27FN2O4. The predicted molar refractivity (Wildman–Crippen MR) is 104 cm³/mol. The molecule has 3 aliphatic rings. The Bertz CT molecular complexity index is 778. The van der Waals surface area contributed by atoms with E-state index in [4.69, 9.17) is 4.74 Å². The number of ketones is 1. The quantitative estimate of drug-likeness (QED) is 0.837. The first-order valence-corrected chi connectivity index (χ1v) is 10.4. The smallest absolute Gasteiger partial charge is 0.251 e. The Morgan fingerprint density at radius 2 is 1.86 bits per heavy atom. The number of alkyl halides is 1. The molecule has 0 unspecified atom stereocenters. The molecule has 1 aliphatic carbocycles. The fourth-order valence-corrected chi connectivity index (χ4v) is 4.82. The van der Waals surface area contributed by atoms with Gasteiger partial charge in [0.2, 0.25) is 5.91 Å². The van der Waals surface area contributed by atoms with E-state index in [0.29, 0.717) is 11.5 Å². The summed E-state index contributed by atoms with van der Waals surface area (Å²) in [7, 11) is 0. The summed E-state index contributed by atoms with van der Waals surface area (Å²) in [6, 6.07) is 7.09. The molecule has 0 radical (unpaired) electrons. The molecule has 0 aromatic heterocycles. The molecule has 2 saturated heterocycles. The number of hydrogen-bond donors (Lipinski definition) is 1. The highest BCUT2D eigenvalue weighted by atomic mass is 19.1. The molecule has 6 nitrogen and oxygen atoms in total. The molecule has 3 fully saturated rings. The monoisotopic (exact) mass is 402 g/mol. The van der Waals surface area contributed by atoms with E-state index in [0.717, 1.165) is 25.7 Å². The van der Waals surface area contributed by atoms with Gasteiger partial charge in [-0.1, -0.05) is 38.0 Å². The number of nitrogens with zero attached hydrogens (tertiary/aromatic N) is 1. The number of likely N-dealkylation sites (tertiary alicyclic amines) is 1. The second-order valence-electron chi connectivity index (χ2n) is 8.53. The van der Waals surface area contributed by atoms with Crippen LogP contribution in [0.2, 0.25) is 0 Å². The summed E-state index contributed by atoms with van der Waals surface area (Å²) < 4.78 is 19.7. The maximum absolute atomic E-state index is 14.4. The van der Waals surface area contributed by atoms with Gasteiger partial charge in [-0.25, -0.2) is 4.39 Å². The summed E-state index contributed by atoms with van der Waals surface area (Å²) in [5, 5.41) is 2.90. The number of carbonyl (C=O) groups is 3. The Balaban J connectivity index is 1.57. The molecule has 1 saturated carbocycles. The number of fused-ring (bicyclic) bond motifs is 1. The van der Waals surface area contributed by atoms with Crippen LogP contribution in [0.15, 0.2) is 30.3 Å². The molecule has 2 aliphatic heterocycles. The number of nitrogens with one attached hydrogen (secondary N) is 1. The third-order valence-corrected chi connectivity index (χ3v) is 6.53. The first-order chi connectivity index (χ1) is 14.0. The van der Waals surface area contributed by atoms with E-state index in [1.807, 2.05) is 6.07 Å². The van der Waals surface area contributed by atoms with Crippen LogP contribution in [0, 0.1) is 11.8 Å². The number of carbonyl (C=O) groups excluding carboxylic acids is 3. The van der Waals surface area contributed by atoms with Gasteiger partial charge in [-0.3, -0.25) is 14.4 Å². The van der Waals surface area contributed by atoms with Crippen molar-refractivity contribution in [2.45, 2.75) is 57.0 Å². The van der Waals surface area contributed by atoms with Crippen molar-refractivity contribution in [3.05, 3.63) is 35.9 Å². The van der Waals surface area contributed by atoms with Gasteiger partial charge >= 0.3 is 0 Å². The molecule has 4 rings (SSSR count). The lowest BCUT2D eigenvalue weighted by molar-refractivity contribution is -0.139. The first-order valence-electron chi connectivity index (χ1n) is 10.4. The lowest BCUT2D eigenvalue weighted by Gasteiger charge is -2.35. The number of hydrogen-bond acceptors (Lipinski definition) is 4. The fourth-order valence-electron chi connectivity index (χ4n) is 4.82. The highest BCUT2D eigenvalue weighted by Gasteiger charge is 2.54. The van der Waals surface area contributed by atoms with Crippen LogP contribution < -0.4 is 5.32 Å². The molecule has 7 heteroatoms. The van der Waals surface area contributed by atoms with Crippen molar-refractivity contribution < 1.29 is 23.5 Å². The highest BCUT2D eigenvalue weighted by Crippen LogP contribution is 2.34. The van der Waals surface area contributed by atoms with E-state index >= 15 is 0 Å². The largest absolute Gasteiger partial charge is 0.365 e. The molecule has 0 spiro atoms. The van der Waals surface area contributed by atoms with Gasteiger partial charge < -0.3 is 15.0 Å². The average Bonchev–Trinajstić information content (AvgIpc) is 3.28. The second kappa shape index (κ2) is 8.22. The Kier molecular flexibility index (Phi) is 5.67. The van der Waals surface area contributed by atoms with Gasteiger partial charge in [0.05, 0.1) is 6.54 Å². The topological polar surface area (TPSA) is 75.7 Å². The van der Waals surface area contributed by atoms with Crippen molar-refractivity contribution in [1.29, 1.82) is 0 Å². The van der Waals surface area contributed by atoms with E-state index in [-0.39, 0.29) is 36.7 Å². The molecule has 2 heterocycles. The van der Waals surface area contributed by atoms with E-state index in [2.05, 4.69) is 12.2 Å². The van der Waals surface area contributed by atoms with Crippen molar-refractivity contribution in [1.82, 2.24) is 10.2 Å². The lowest BCUT2D eigenvalue weighted by atomic mass is 9.78. The van der Waals surface area contributed by atoms with Gasteiger partial charge in [0.1, 0.15) is 31.0 Å². The summed E-state index contributed by atoms with van der Waals surface area (Å²) in [6.45, 7) is 1.85. The molecule has 1 aromatic rings. The third kappa shape index (κ3) is 3.92. The Labute approximate surface area is 169 Å². The van der Waals surface area contributed by atoms with Gasteiger partial charge in [-0.2, -0.15) is 0 Å². The average molecular weight is 402 g/mol. The zero-order chi connectivity index (χ0) is 20.5. The van der Waals surface area contributed by atoms with E-state index in [1.54, 1.807) is 24.3 Å². The van der Waals surface area contributed by atoms with E-state index < -0.39 is 24.4 Å². The van der Waals surface area contributed by atoms with Gasteiger partial charge in [0.15, 0.2) is 5.78 Å². The van der Waals surface area contributed by atoms with Crippen LogP contribution in [-0.4, -0.2) is 60.0 Å². The zero-order valence-electron chi connectivity index (χ0n) is 16.6. The second-order valence-corrected chi connectivity index (χ2v) is 8.53. The van der Waals surface area contributed by atoms with Gasteiger partial charge in [-0.05, 0) is 36.8 Å². The minimum absolute atomic E-state index is 0.0269. The maximum Gasteiger partial charge on any atom is 0.251 e. The SMILES string of the molecule is CC1CCC([C@H](NC(=O)c2ccccc2)C(=O)N2C[C@H](F)[C@H]3OCC(=O)[C@H]32)CC1. The summed E-state index contributed by atoms with van der Waals surface area (Å²) in [5.41, 5.74) is 0.470.